The molecule has 0 aromatic heterocycles. The number of carbonyl (C=O) groups is 1. The molecule has 30 heavy (non-hydrogen) atoms. The van der Waals surface area contributed by atoms with E-state index in [2.05, 4.69) is 5.32 Å². The summed E-state index contributed by atoms with van der Waals surface area (Å²) in [6.07, 6.45) is 1.80. The molecule has 0 radical (unpaired) electrons. The van der Waals surface area contributed by atoms with E-state index in [0.29, 0.717) is 33.9 Å². The number of rotatable bonds is 7. The Morgan fingerprint density at radius 3 is 2.00 bits per heavy atom. The summed E-state index contributed by atoms with van der Waals surface area (Å²) in [7, 11) is 0. The lowest BCUT2D eigenvalue weighted by molar-refractivity contribution is -0.115. The number of amides is 1. The Kier molecular flexibility index (Phi) is 6.47. The predicted molar refractivity (Wildman–Crippen MR) is 124 cm³/mol. The molecular weight excluding hydrogens is 414 g/mol. The maximum atomic E-state index is 12.0. The first-order chi connectivity index (χ1) is 14.7. The predicted octanol–water partition coefficient (Wildman–Crippen LogP) is 5.33. The molecule has 1 saturated heterocycles. The molecule has 3 aromatic rings. The Morgan fingerprint density at radius 2 is 1.43 bits per heavy atom. The van der Waals surface area contributed by atoms with Crippen LogP contribution in [0.4, 0.5) is 0 Å². The summed E-state index contributed by atoms with van der Waals surface area (Å²) in [5.74, 6) is 1.09. The lowest BCUT2D eigenvalue weighted by Gasteiger charge is -2.14. The standard InChI is InChI=1S/C24H19NO3S2/c26-23-22(30-24(29)25-23)14-19-11-12-20(27-15-17-7-3-1-4-8-17)21(13-19)28-16-18-9-5-2-6-10-18/h1-14H,15-16H2,(H,25,26,29)/b22-14-. The molecule has 0 unspecified atom stereocenters. The van der Waals surface area contributed by atoms with Crippen molar-refractivity contribution in [1.82, 2.24) is 5.32 Å². The van der Waals surface area contributed by atoms with Gasteiger partial charge in [-0.15, -0.1) is 0 Å². The molecule has 4 rings (SSSR count). The first kappa shape index (κ1) is 20.2. The number of thioether (sulfide) groups is 1. The smallest absolute Gasteiger partial charge is 0.263 e. The van der Waals surface area contributed by atoms with Crippen LogP contribution in [0.3, 0.4) is 0 Å². The van der Waals surface area contributed by atoms with E-state index in [9.17, 15) is 4.79 Å². The van der Waals surface area contributed by atoms with Gasteiger partial charge in [-0.2, -0.15) is 0 Å². The van der Waals surface area contributed by atoms with Gasteiger partial charge >= 0.3 is 0 Å². The molecular formula is C24H19NO3S2. The molecule has 0 bridgehead atoms. The first-order valence-electron chi connectivity index (χ1n) is 9.40. The highest BCUT2D eigenvalue weighted by Gasteiger charge is 2.22. The van der Waals surface area contributed by atoms with Gasteiger partial charge in [0.05, 0.1) is 4.91 Å². The van der Waals surface area contributed by atoms with Crippen molar-refractivity contribution in [2.24, 2.45) is 0 Å². The van der Waals surface area contributed by atoms with Gasteiger partial charge in [0.2, 0.25) is 0 Å². The van der Waals surface area contributed by atoms with E-state index in [1.165, 1.54) is 11.8 Å². The van der Waals surface area contributed by atoms with Gasteiger partial charge in [-0.3, -0.25) is 4.79 Å². The van der Waals surface area contributed by atoms with Crippen LogP contribution in [0.5, 0.6) is 11.5 Å². The number of hydrogen-bond donors (Lipinski definition) is 1. The van der Waals surface area contributed by atoms with Gasteiger partial charge in [0.1, 0.15) is 17.5 Å². The monoisotopic (exact) mass is 433 g/mol. The largest absolute Gasteiger partial charge is 0.485 e. The number of nitrogens with one attached hydrogen (secondary N) is 1. The van der Waals surface area contributed by atoms with Gasteiger partial charge in [0.15, 0.2) is 11.5 Å². The van der Waals surface area contributed by atoms with E-state index < -0.39 is 0 Å². The van der Waals surface area contributed by atoms with Crippen LogP contribution < -0.4 is 14.8 Å². The Labute approximate surface area is 184 Å². The summed E-state index contributed by atoms with van der Waals surface area (Å²) < 4.78 is 12.6. The maximum absolute atomic E-state index is 12.0. The maximum Gasteiger partial charge on any atom is 0.263 e. The number of benzene rings is 3. The van der Waals surface area contributed by atoms with Gasteiger partial charge in [0, 0.05) is 0 Å². The lowest BCUT2D eigenvalue weighted by Crippen LogP contribution is -2.17. The zero-order chi connectivity index (χ0) is 20.8. The number of hydrogen-bond acceptors (Lipinski definition) is 5. The molecule has 3 aromatic carbocycles. The summed E-state index contributed by atoms with van der Waals surface area (Å²) in [6, 6.07) is 25.6. The molecule has 4 nitrogen and oxygen atoms in total. The lowest BCUT2D eigenvalue weighted by atomic mass is 10.1. The van der Waals surface area contributed by atoms with Crippen LogP contribution in [0.15, 0.2) is 83.8 Å². The van der Waals surface area contributed by atoms with Crippen molar-refractivity contribution in [3.63, 3.8) is 0 Å². The van der Waals surface area contributed by atoms with Crippen LogP contribution in [-0.4, -0.2) is 10.2 Å². The van der Waals surface area contributed by atoms with Crippen LogP contribution >= 0.6 is 24.0 Å². The van der Waals surface area contributed by atoms with E-state index in [1.807, 2.05) is 78.9 Å². The average Bonchev–Trinajstić information content (AvgIpc) is 3.09. The van der Waals surface area contributed by atoms with Crippen LogP contribution in [0.25, 0.3) is 6.08 Å². The fraction of sp³-hybridized carbons (Fsp3) is 0.0833. The van der Waals surface area contributed by atoms with Crippen molar-refractivity contribution in [3.8, 4) is 11.5 Å². The van der Waals surface area contributed by atoms with E-state index in [4.69, 9.17) is 21.7 Å². The number of thiocarbonyl (C=S) groups is 1. The van der Waals surface area contributed by atoms with Gasteiger partial charge < -0.3 is 14.8 Å². The third-order valence-corrected chi connectivity index (χ3v) is 5.54. The summed E-state index contributed by atoms with van der Waals surface area (Å²) in [5, 5.41) is 2.63. The van der Waals surface area contributed by atoms with E-state index >= 15 is 0 Å². The van der Waals surface area contributed by atoms with Crippen LogP contribution in [0.1, 0.15) is 16.7 Å². The minimum atomic E-state index is -0.179. The first-order valence-corrected chi connectivity index (χ1v) is 10.6. The molecule has 1 N–H and O–H groups in total. The quantitative estimate of drug-likeness (QED) is 0.403. The van der Waals surface area contributed by atoms with Crippen molar-refractivity contribution in [1.29, 1.82) is 0 Å². The number of ether oxygens (including phenoxy) is 2. The van der Waals surface area contributed by atoms with Gasteiger partial charge in [-0.25, -0.2) is 0 Å². The van der Waals surface area contributed by atoms with Crippen LogP contribution in [0.2, 0.25) is 0 Å². The third kappa shape index (κ3) is 5.28. The average molecular weight is 434 g/mol. The van der Waals surface area contributed by atoms with Crippen molar-refractivity contribution < 1.29 is 14.3 Å². The Bertz CT molecular complexity index is 1080. The zero-order valence-corrected chi connectivity index (χ0v) is 17.7. The SMILES string of the molecule is O=C1NC(=S)S/C1=C\c1ccc(OCc2ccccc2)c(OCc2ccccc2)c1. The second kappa shape index (κ2) is 9.61. The highest BCUT2D eigenvalue weighted by Crippen LogP contribution is 2.33. The van der Waals surface area contributed by atoms with Gasteiger partial charge in [-0.1, -0.05) is 90.7 Å². The van der Waals surface area contributed by atoms with Crippen molar-refractivity contribution >= 4 is 40.3 Å². The molecule has 150 valence electrons. The molecule has 0 atom stereocenters. The third-order valence-electron chi connectivity index (χ3n) is 4.38. The van der Waals surface area contributed by atoms with Crippen molar-refractivity contribution in [2.75, 3.05) is 0 Å². The molecule has 1 aliphatic rings. The molecule has 1 aliphatic heterocycles. The molecule has 1 amide bonds. The van der Waals surface area contributed by atoms with Crippen LogP contribution in [0, 0.1) is 0 Å². The normalized spacial score (nSPS) is 14.6. The van der Waals surface area contributed by atoms with E-state index in [1.54, 1.807) is 6.08 Å². The second-order valence-electron chi connectivity index (χ2n) is 6.61. The summed E-state index contributed by atoms with van der Waals surface area (Å²) in [5.41, 5.74) is 2.98. The topological polar surface area (TPSA) is 47.6 Å². The van der Waals surface area contributed by atoms with E-state index in [-0.39, 0.29) is 5.91 Å². The Morgan fingerprint density at radius 1 is 0.833 bits per heavy atom. The Balaban J connectivity index is 1.57. The van der Waals surface area contributed by atoms with Crippen molar-refractivity contribution in [2.45, 2.75) is 13.2 Å². The minimum Gasteiger partial charge on any atom is -0.485 e. The minimum absolute atomic E-state index is 0.179. The molecule has 1 fully saturated rings. The molecule has 0 saturated carbocycles. The van der Waals surface area contributed by atoms with E-state index in [0.717, 1.165) is 16.7 Å². The summed E-state index contributed by atoms with van der Waals surface area (Å²) in [4.78, 5) is 12.5. The second-order valence-corrected chi connectivity index (χ2v) is 8.33. The zero-order valence-electron chi connectivity index (χ0n) is 16.0. The fourth-order valence-electron chi connectivity index (χ4n) is 2.89. The van der Waals surface area contributed by atoms with Gasteiger partial charge in [-0.05, 0) is 34.9 Å². The molecule has 0 spiro atoms. The molecule has 6 heteroatoms. The fourth-order valence-corrected chi connectivity index (χ4v) is 3.93. The highest BCUT2D eigenvalue weighted by atomic mass is 32.2. The Hall–Kier alpha value is -3.09. The van der Waals surface area contributed by atoms with Gasteiger partial charge in [0.25, 0.3) is 5.91 Å². The van der Waals surface area contributed by atoms with Crippen molar-refractivity contribution in [3.05, 3.63) is 100 Å². The highest BCUT2D eigenvalue weighted by molar-refractivity contribution is 8.26. The summed E-state index contributed by atoms with van der Waals surface area (Å²) in [6.45, 7) is 0.859. The number of carbonyl (C=O) groups excluding carboxylic acids is 1. The van der Waals surface area contributed by atoms with Crippen LogP contribution in [-0.2, 0) is 18.0 Å². The molecule has 1 heterocycles. The molecule has 0 aliphatic carbocycles. The summed E-state index contributed by atoms with van der Waals surface area (Å²) >= 11 is 6.31.